The number of thiazole rings is 1. The highest BCUT2D eigenvalue weighted by Crippen LogP contribution is 2.23. The average molecular weight is 283 g/mol. The lowest BCUT2D eigenvalue weighted by Gasteiger charge is -2.27. The third kappa shape index (κ3) is 3.99. The second-order valence-electron chi connectivity index (χ2n) is 5.70. The van der Waals surface area contributed by atoms with Crippen LogP contribution in [-0.4, -0.2) is 37.3 Å². The summed E-state index contributed by atoms with van der Waals surface area (Å²) in [6.07, 6.45) is 3.04. The van der Waals surface area contributed by atoms with Crippen LogP contribution in [0.5, 0.6) is 0 Å². The van der Waals surface area contributed by atoms with E-state index >= 15 is 0 Å². The summed E-state index contributed by atoms with van der Waals surface area (Å²) in [5.74, 6) is 0.547. The lowest BCUT2D eigenvalue weighted by Crippen LogP contribution is -2.45. The Bertz CT molecular complexity index is 367. The zero-order valence-electron chi connectivity index (χ0n) is 12.1. The highest BCUT2D eigenvalue weighted by molar-refractivity contribution is 7.09. The van der Waals surface area contributed by atoms with E-state index in [4.69, 9.17) is 4.74 Å². The molecule has 0 bridgehead atoms. The lowest BCUT2D eigenvalue weighted by atomic mass is 10.0. The SMILES string of the molecule is CCCNC1COCC1CNC(C)(C)c1nccs1. The fourth-order valence-electron chi connectivity index (χ4n) is 2.35. The van der Waals surface area contributed by atoms with Crippen LogP contribution in [0.3, 0.4) is 0 Å². The number of nitrogens with one attached hydrogen (secondary N) is 2. The van der Waals surface area contributed by atoms with Crippen molar-refractivity contribution >= 4 is 11.3 Å². The van der Waals surface area contributed by atoms with E-state index in [2.05, 4.69) is 36.4 Å². The van der Waals surface area contributed by atoms with Crippen LogP contribution < -0.4 is 10.6 Å². The van der Waals surface area contributed by atoms with Gasteiger partial charge in [-0.15, -0.1) is 11.3 Å². The molecule has 108 valence electrons. The minimum absolute atomic E-state index is 0.0634. The molecule has 2 heterocycles. The molecule has 5 heteroatoms. The van der Waals surface area contributed by atoms with Crippen molar-refractivity contribution in [3.8, 4) is 0 Å². The maximum Gasteiger partial charge on any atom is 0.112 e. The summed E-state index contributed by atoms with van der Waals surface area (Å²) >= 11 is 1.71. The van der Waals surface area contributed by atoms with Crippen molar-refractivity contribution in [2.24, 2.45) is 5.92 Å². The van der Waals surface area contributed by atoms with Crippen LogP contribution in [0.1, 0.15) is 32.2 Å². The van der Waals surface area contributed by atoms with Gasteiger partial charge in [0.2, 0.25) is 0 Å². The average Bonchev–Trinajstić information content (AvgIpc) is 3.05. The largest absolute Gasteiger partial charge is 0.379 e. The summed E-state index contributed by atoms with van der Waals surface area (Å²) in [6, 6.07) is 0.486. The number of nitrogens with zero attached hydrogens (tertiary/aromatic N) is 1. The number of aromatic nitrogens is 1. The van der Waals surface area contributed by atoms with E-state index < -0.39 is 0 Å². The van der Waals surface area contributed by atoms with Gasteiger partial charge in [0.15, 0.2) is 0 Å². The fraction of sp³-hybridized carbons (Fsp3) is 0.786. The zero-order chi connectivity index (χ0) is 13.7. The third-order valence-electron chi connectivity index (χ3n) is 3.63. The topological polar surface area (TPSA) is 46.2 Å². The van der Waals surface area contributed by atoms with Crippen molar-refractivity contribution in [3.05, 3.63) is 16.6 Å². The van der Waals surface area contributed by atoms with Gasteiger partial charge in [-0.3, -0.25) is 0 Å². The predicted octanol–water partition coefficient (Wildman–Crippen LogP) is 1.98. The summed E-state index contributed by atoms with van der Waals surface area (Å²) in [4.78, 5) is 4.41. The van der Waals surface area contributed by atoms with Crippen LogP contribution in [0.4, 0.5) is 0 Å². The van der Waals surface area contributed by atoms with Crippen LogP contribution in [0, 0.1) is 5.92 Å². The van der Waals surface area contributed by atoms with Gasteiger partial charge in [0.05, 0.1) is 18.8 Å². The molecule has 1 aliphatic rings. The van der Waals surface area contributed by atoms with Crippen molar-refractivity contribution in [1.82, 2.24) is 15.6 Å². The Morgan fingerprint density at radius 3 is 3.00 bits per heavy atom. The molecule has 2 N–H and O–H groups in total. The van der Waals surface area contributed by atoms with Crippen LogP contribution in [-0.2, 0) is 10.3 Å². The molecule has 4 nitrogen and oxygen atoms in total. The van der Waals surface area contributed by atoms with E-state index in [9.17, 15) is 0 Å². The minimum Gasteiger partial charge on any atom is -0.379 e. The van der Waals surface area contributed by atoms with Gasteiger partial charge in [-0.2, -0.15) is 0 Å². The zero-order valence-corrected chi connectivity index (χ0v) is 12.9. The van der Waals surface area contributed by atoms with Gasteiger partial charge in [0.1, 0.15) is 5.01 Å². The van der Waals surface area contributed by atoms with Crippen LogP contribution in [0.2, 0.25) is 0 Å². The van der Waals surface area contributed by atoms with E-state index in [-0.39, 0.29) is 5.54 Å². The first kappa shape index (κ1) is 14.9. The van der Waals surface area contributed by atoms with Crippen molar-refractivity contribution in [1.29, 1.82) is 0 Å². The summed E-state index contributed by atoms with van der Waals surface area (Å²) in [6.45, 7) is 10.3. The summed E-state index contributed by atoms with van der Waals surface area (Å²) in [5, 5.41) is 10.4. The molecule has 1 fully saturated rings. The van der Waals surface area contributed by atoms with E-state index in [1.807, 2.05) is 11.6 Å². The van der Waals surface area contributed by atoms with Gasteiger partial charge in [0.25, 0.3) is 0 Å². The van der Waals surface area contributed by atoms with Gasteiger partial charge < -0.3 is 15.4 Å². The molecule has 0 spiro atoms. The van der Waals surface area contributed by atoms with E-state index in [1.165, 1.54) is 6.42 Å². The molecule has 1 aromatic heterocycles. The fourth-order valence-corrected chi connectivity index (χ4v) is 3.09. The molecule has 1 saturated heterocycles. The van der Waals surface area contributed by atoms with Gasteiger partial charge in [-0.25, -0.2) is 4.98 Å². The summed E-state index contributed by atoms with van der Waals surface area (Å²) < 4.78 is 5.61. The maximum absolute atomic E-state index is 5.61. The van der Waals surface area contributed by atoms with Crippen LogP contribution in [0.15, 0.2) is 11.6 Å². The molecular formula is C14H25N3OS. The molecule has 2 rings (SSSR count). The molecule has 1 aliphatic heterocycles. The molecule has 0 amide bonds. The quantitative estimate of drug-likeness (QED) is 0.803. The van der Waals surface area contributed by atoms with Gasteiger partial charge in [-0.1, -0.05) is 6.92 Å². The molecule has 0 aromatic carbocycles. The van der Waals surface area contributed by atoms with Crippen molar-refractivity contribution < 1.29 is 4.74 Å². The number of rotatable bonds is 7. The van der Waals surface area contributed by atoms with E-state index in [0.717, 1.165) is 31.3 Å². The van der Waals surface area contributed by atoms with Crippen LogP contribution in [0.25, 0.3) is 0 Å². The molecule has 19 heavy (non-hydrogen) atoms. The Morgan fingerprint density at radius 2 is 2.32 bits per heavy atom. The van der Waals surface area contributed by atoms with Gasteiger partial charge in [0, 0.05) is 30.1 Å². The second kappa shape index (κ2) is 6.79. The smallest absolute Gasteiger partial charge is 0.112 e. The standard InChI is InChI=1S/C14H25N3OS/c1-4-5-15-12-10-18-9-11(12)8-17-14(2,3)13-16-6-7-19-13/h6-7,11-12,15,17H,4-5,8-10H2,1-3H3. The first-order valence-electron chi connectivity index (χ1n) is 7.09. The summed E-state index contributed by atoms with van der Waals surface area (Å²) in [5.41, 5.74) is -0.0634. The lowest BCUT2D eigenvalue weighted by molar-refractivity contribution is 0.180. The molecule has 2 unspecified atom stereocenters. The Labute approximate surface area is 120 Å². The first-order valence-corrected chi connectivity index (χ1v) is 7.97. The van der Waals surface area contributed by atoms with Crippen LogP contribution >= 0.6 is 11.3 Å². The van der Waals surface area contributed by atoms with Gasteiger partial charge in [-0.05, 0) is 26.8 Å². The second-order valence-corrected chi connectivity index (χ2v) is 6.60. The maximum atomic E-state index is 5.61. The molecule has 0 aliphatic carbocycles. The van der Waals surface area contributed by atoms with E-state index in [0.29, 0.717) is 12.0 Å². The molecular weight excluding hydrogens is 258 g/mol. The third-order valence-corrected chi connectivity index (χ3v) is 4.72. The minimum atomic E-state index is -0.0634. The highest BCUT2D eigenvalue weighted by atomic mass is 32.1. The normalized spacial score (nSPS) is 23.9. The predicted molar refractivity (Wildman–Crippen MR) is 79.5 cm³/mol. The van der Waals surface area contributed by atoms with Crippen molar-refractivity contribution in [3.63, 3.8) is 0 Å². The molecule has 1 aromatic rings. The molecule has 0 saturated carbocycles. The highest BCUT2D eigenvalue weighted by Gasteiger charge is 2.30. The Morgan fingerprint density at radius 1 is 1.47 bits per heavy atom. The molecule has 0 radical (unpaired) electrons. The van der Waals surface area contributed by atoms with Gasteiger partial charge >= 0.3 is 0 Å². The van der Waals surface area contributed by atoms with Crippen molar-refractivity contribution in [2.45, 2.75) is 38.8 Å². The number of ether oxygens (including phenoxy) is 1. The monoisotopic (exact) mass is 283 g/mol. The first-order chi connectivity index (χ1) is 9.13. The van der Waals surface area contributed by atoms with Crippen molar-refractivity contribution in [2.75, 3.05) is 26.3 Å². The Balaban J connectivity index is 1.84. The summed E-state index contributed by atoms with van der Waals surface area (Å²) in [7, 11) is 0. The van der Waals surface area contributed by atoms with E-state index in [1.54, 1.807) is 11.3 Å². The molecule has 2 atom stereocenters. The Hall–Kier alpha value is -0.490. The Kier molecular flexibility index (Phi) is 5.33. The number of hydrogen-bond donors (Lipinski definition) is 2. The number of hydrogen-bond acceptors (Lipinski definition) is 5.